The van der Waals surface area contributed by atoms with Crippen LogP contribution in [0.4, 0.5) is 0 Å². The van der Waals surface area contributed by atoms with Crippen molar-refractivity contribution in [2.75, 3.05) is 6.61 Å². The Morgan fingerprint density at radius 2 is 1.86 bits per heavy atom. The van der Waals surface area contributed by atoms with E-state index in [1.807, 2.05) is 0 Å². The van der Waals surface area contributed by atoms with E-state index < -0.39 is 42.0 Å². The third kappa shape index (κ3) is 2.38. The zero-order chi connectivity index (χ0) is 15.9. The Balaban J connectivity index is 1.70. The van der Waals surface area contributed by atoms with E-state index >= 15 is 0 Å². The maximum Gasteiger partial charge on any atom is 0.377 e. The summed E-state index contributed by atoms with van der Waals surface area (Å²) in [5, 5.41) is 27.7. The lowest BCUT2D eigenvalue weighted by Gasteiger charge is -2.16. The molecule has 0 radical (unpaired) electrons. The maximum absolute atomic E-state index is 11.2. The Kier molecular flexibility index (Phi) is 3.47. The minimum atomic E-state index is -1.12. The van der Waals surface area contributed by atoms with Gasteiger partial charge < -0.3 is 29.5 Å². The lowest BCUT2D eigenvalue weighted by atomic mass is 10.1. The Bertz CT molecular complexity index is 647. The van der Waals surface area contributed by atoms with Gasteiger partial charge in [0.05, 0.1) is 12.2 Å². The van der Waals surface area contributed by atoms with Crippen LogP contribution in [0.25, 0.3) is 0 Å². The number of aliphatic hydroxyl groups excluding tert-OH is 2. The second-order valence-corrected chi connectivity index (χ2v) is 4.83. The number of aliphatic hydroxyl groups is 2. The molecule has 3 atom stereocenters. The molecule has 0 spiro atoms. The van der Waals surface area contributed by atoms with Crippen LogP contribution in [0.15, 0.2) is 35.8 Å². The minimum absolute atomic E-state index is 0.0423. The third-order valence-corrected chi connectivity index (χ3v) is 3.42. The second-order valence-electron chi connectivity index (χ2n) is 4.83. The molecule has 0 aromatic heterocycles. The van der Waals surface area contributed by atoms with E-state index in [0.717, 1.165) is 0 Å². The average Bonchev–Trinajstić information content (AvgIpc) is 3.08. The summed E-state index contributed by atoms with van der Waals surface area (Å²) < 4.78 is 15.8. The molecule has 1 aromatic carbocycles. The summed E-state index contributed by atoms with van der Waals surface area (Å²) in [6.45, 7) is 0.0423. The smallest absolute Gasteiger partial charge is 0.377 e. The molecule has 3 rings (SSSR count). The number of hydrogen-bond donors (Lipinski definition) is 3. The Labute approximate surface area is 124 Å². The van der Waals surface area contributed by atoms with E-state index in [4.69, 9.17) is 19.3 Å². The number of carboxylic acid groups (broad SMARTS) is 1. The van der Waals surface area contributed by atoms with Crippen molar-refractivity contribution in [2.24, 2.45) is 0 Å². The SMILES string of the molecule is O=C1OC(C2COC(c3ccc(C(=O)O)cc3)O2)C(O)=C1O. The predicted molar refractivity (Wildman–Crippen MR) is 69.1 cm³/mol. The summed E-state index contributed by atoms with van der Waals surface area (Å²) in [6.07, 6.45) is -2.66. The highest BCUT2D eigenvalue weighted by molar-refractivity contribution is 5.89. The van der Waals surface area contributed by atoms with Crippen LogP contribution in [0.2, 0.25) is 0 Å². The standard InChI is InChI=1S/C14H12O8/c15-9-10(16)13(19)22-11(9)8-5-20-14(21-8)7-3-1-6(2-4-7)12(17)18/h1-4,8,11,14-16H,5H2,(H,17,18). The normalized spacial score (nSPS) is 28.0. The van der Waals surface area contributed by atoms with Gasteiger partial charge in [0.15, 0.2) is 18.2 Å². The van der Waals surface area contributed by atoms with Gasteiger partial charge in [0.2, 0.25) is 5.76 Å². The van der Waals surface area contributed by atoms with Gasteiger partial charge in [-0.3, -0.25) is 0 Å². The molecular formula is C14H12O8. The van der Waals surface area contributed by atoms with E-state index in [2.05, 4.69) is 0 Å². The molecule has 1 saturated heterocycles. The van der Waals surface area contributed by atoms with Gasteiger partial charge in [0.1, 0.15) is 6.10 Å². The predicted octanol–water partition coefficient (Wildman–Crippen LogP) is 1.05. The average molecular weight is 308 g/mol. The van der Waals surface area contributed by atoms with Crippen LogP contribution < -0.4 is 0 Å². The fraction of sp³-hybridized carbons (Fsp3) is 0.286. The van der Waals surface area contributed by atoms with Crippen molar-refractivity contribution in [1.29, 1.82) is 0 Å². The van der Waals surface area contributed by atoms with E-state index in [1.165, 1.54) is 12.1 Å². The second kappa shape index (κ2) is 5.32. The number of benzene rings is 1. The number of rotatable bonds is 3. The summed E-state index contributed by atoms with van der Waals surface area (Å²) in [5.74, 6) is -3.47. The van der Waals surface area contributed by atoms with Crippen LogP contribution in [-0.4, -0.2) is 46.1 Å². The van der Waals surface area contributed by atoms with Crippen molar-refractivity contribution < 1.29 is 39.1 Å². The lowest BCUT2D eigenvalue weighted by Crippen LogP contribution is -2.30. The zero-order valence-electron chi connectivity index (χ0n) is 11.1. The molecule has 8 nitrogen and oxygen atoms in total. The highest BCUT2D eigenvalue weighted by atomic mass is 16.7. The first-order chi connectivity index (χ1) is 10.5. The Morgan fingerprint density at radius 1 is 1.18 bits per heavy atom. The van der Waals surface area contributed by atoms with Crippen LogP contribution >= 0.6 is 0 Å². The van der Waals surface area contributed by atoms with Gasteiger partial charge in [-0.05, 0) is 12.1 Å². The van der Waals surface area contributed by atoms with Crippen LogP contribution in [0, 0.1) is 0 Å². The van der Waals surface area contributed by atoms with E-state index in [9.17, 15) is 19.8 Å². The molecule has 2 aliphatic heterocycles. The van der Waals surface area contributed by atoms with Crippen molar-refractivity contribution in [3.8, 4) is 0 Å². The van der Waals surface area contributed by atoms with Gasteiger partial charge >= 0.3 is 11.9 Å². The molecule has 22 heavy (non-hydrogen) atoms. The molecule has 2 heterocycles. The molecule has 8 heteroatoms. The summed E-state index contributed by atoms with van der Waals surface area (Å²) in [7, 11) is 0. The molecule has 0 aliphatic carbocycles. The number of esters is 1. The van der Waals surface area contributed by atoms with Gasteiger partial charge in [-0.25, -0.2) is 9.59 Å². The van der Waals surface area contributed by atoms with Gasteiger partial charge in [0.25, 0.3) is 0 Å². The lowest BCUT2D eigenvalue weighted by molar-refractivity contribution is -0.149. The number of cyclic esters (lactones) is 1. The summed E-state index contributed by atoms with van der Waals surface area (Å²) in [4.78, 5) is 22.0. The Morgan fingerprint density at radius 3 is 2.41 bits per heavy atom. The van der Waals surface area contributed by atoms with Crippen molar-refractivity contribution in [3.63, 3.8) is 0 Å². The number of carboxylic acids is 1. The number of carbonyl (C=O) groups excluding carboxylic acids is 1. The van der Waals surface area contributed by atoms with E-state index in [1.54, 1.807) is 12.1 Å². The Hall–Kier alpha value is -2.58. The van der Waals surface area contributed by atoms with Gasteiger partial charge in [-0.1, -0.05) is 12.1 Å². The fourth-order valence-corrected chi connectivity index (χ4v) is 2.25. The monoisotopic (exact) mass is 308 g/mol. The largest absolute Gasteiger partial charge is 0.505 e. The van der Waals surface area contributed by atoms with Crippen molar-refractivity contribution in [2.45, 2.75) is 18.5 Å². The summed E-state index contributed by atoms with van der Waals surface area (Å²) in [6, 6.07) is 5.92. The highest BCUT2D eigenvalue weighted by Crippen LogP contribution is 2.33. The quantitative estimate of drug-likeness (QED) is 0.708. The van der Waals surface area contributed by atoms with Crippen LogP contribution in [0.1, 0.15) is 22.2 Å². The fourth-order valence-electron chi connectivity index (χ4n) is 2.25. The minimum Gasteiger partial charge on any atom is -0.505 e. The van der Waals surface area contributed by atoms with E-state index in [-0.39, 0.29) is 12.2 Å². The molecule has 2 aliphatic rings. The number of carbonyl (C=O) groups is 2. The first-order valence-electron chi connectivity index (χ1n) is 6.40. The van der Waals surface area contributed by atoms with Gasteiger partial charge in [-0.15, -0.1) is 0 Å². The highest BCUT2D eigenvalue weighted by Gasteiger charge is 2.44. The third-order valence-electron chi connectivity index (χ3n) is 3.42. The first-order valence-corrected chi connectivity index (χ1v) is 6.40. The molecule has 0 amide bonds. The van der Waals surface area contributed by atoms with Gasteiger partial charge in [0, 0.05) is 5.56 Å². The number of aromatic carboxylic acids is 1. The van der Waals surface area contributed by atoms with Crippen LogP contribution in [0.5, 0.6) is 0 Å². The molecule has 0 saturated carbocycles. The maximum atomic E-state index is 11.2. The van der Waals surface area contributed by atoms with Crippen molar-refractivity contribution in [1.82, 2.24) is 0 Å². The molecular weight excluding hydrogens is 296 g/mol. The number of hydrogen-bond acceptors (Lipinski definition) is 7. The molecule has 0 bridgehead atoms. The van der Waals surface area contributed by atoms with E-state index in [0.29, 0.717) is 5.56 Å². The molecule has 1 aromatic rings. The van der Waals surface area contributed by atoms with Gasteiger partial charge in [-0.2, -0.15) is 0 Å². The summed E-state index contributed by atoms with van der Waals surface area (Å²) in [5.41, 5.74) is 0.720. The zero-order valence-corrected chi connectivity index (χ0v) is 11.1. The molecule has 116 valence electrons. The topological polar surface area (TPSA) is 123 Å². The van der Waals surface area contributed by atoms with Crippen molar-refractivity contribution in [3.05, 3.63) is 46.9 Å². The molecule has 1 fully saturated rings. The molecule has 3 unspecified atom stereocenters. The van der Waals surface area contributed by atoms with Crippen molar-refractivity contribution >= 4 is 11.9 Å². The molecule has 3 N–H and O–H groups in total. The van der Waals surface area contributed by atoms with Crippen LogP contribution in [-0.2, 0) is 19.0 Å². The van der Waals surface area contributed by atoms with Crippen LogP contribution in [0.3, 0.4) is 0 Å². The summed E-state index contributed by atoms with van der Waals surface area (Å²) >= 11 is 0. The number of ether oxygens (including phenoxy) is 3. The first kappa shape index (κ1) is 14.4.